The highest BCUT2D eigenvalue weighted by Gasteiger charge is 2.18. The fourth-order valence-corrected chi connectivity index (χ4v) is 1.65. The molecule has 1 aromatic carbocycles. The van der Waals surface area contributed by atoms with Crippen molar-refractivity contribution in [3.63, 3.8) is 0 Å². The number of rotatable bonds is 1. The first kappa shape index (κ1) is 7.85. The monoisotopic (exact) mass is 273 g/mol. The van der Waals surface area contributed by atoms with E-state index in [1.165, 1.54) is 0 Å². The van der Waals surface area contributed by atoms with Crippen molar-refractivity contribution in [1.29, 1.82) is 0 Å². The van der Waals surface area contributed by atoms with Gasteiger partial charge in [-0.15, -0.1) is 10.5 Å². The third-order valence-corrected chi connectivity index (χ3v) is 2.48. The summed E-state index contributed by atoms with van der Waals surface area (Å²) >= 11 is 2.16. The Morgan fingerprint density at radius 2 is 2.25 bits per heavy atom. The van der Waals surface area contributed by atoms with E-state index in [1.807, 2.05) is 18.2 Å². The smallest absolute Gasteiger partial charge is 0.147 e. The molecule has 3 nitrogen and oxygen atoms in total. The van der Waals surface area contributed by atoms with Crippen molar-refractivity contribution in [3.05, 3.63) is 23.8 Å². The van der Waals surface area contributed by atoms with Crippen molar-refractivity contribution in [2.75, 3.05) is 7.11 Å². The minimum absolute atomic E-state index is 0.780. The summed E-state index contributed by atoms with van der Waals surface area (Å²) in [6.45, 7) is 0. The van der Waals surface area contributed by atoms with Crippen molar-refractivity contribution in [2.45, 2.75) is 0 Å². The Hall–Kier alpha value is -0.780. The van der Waals surface area contributed by atoms with Gasteiger partial charge in [0.1, 0.15) is 15.2 Å². The van der Waals surface area contributed by atoms with E-state index in [9.17, 15) is 0 Å². The van der Waals surface area contributed by atoms with Crippen molar-refractivity contribution in [1.82, 2.24) is 5.43 Å². The highest BCUT2D eigenvalue weighted by Crippen LogP contribution is 2.33. The van der Waals surface area contributed by atoms with Gasteiger partial charge in [0.25, 0.3) is 0 Å². The van der Waals surface area contributed by atoms with Crippen LogP contribution in [-0.2, 0) is 0 Å². The molecular weight excluding hydrogens is 267 g/mol. The molecule has 1 aromatic rings. The first-order chi connectivity index (χ1) is 5.83. The minimum Gasteiger partial charge on any atom is -0.494 e. The van der Waals surface area contributed by atoms with Crippen molar-refractivity contribution in [3.8, 4) is 5.75 Å². The van der Waals surface area contributed by atoms with Gasteiger partial charge in [0.05, 0.1) is 7.11 Å². The molecule has 0 bridgehead atoms. The van der Waals surface area contributed by atoms with Crippen molar-refractivity contribution >= 4 is 32.0 Å². The largest absolute Gasteiger partial charge is 0.494 e. The molecule has 1 aliphatic rings. The van der Waals surface area contributed by atoms with Crippen LogP contribution in [-0.4, -0.2) is 10.8 Å². The Morgan fingerprint density at radius 3 is 3.00 bits per heavy atom. The van der Waals surface area contributed by atoms with Gasteiger partial charge in [0, 0.05) is 5.56 Å². The van der Waals surface area contributed by atoms with Crippen LogP contribution in [0.1, 0.15) is 5.56 Å². The van der Waals surface area contributed by atoms with E-state index in [4.69, 9.17) is 4.74 Å². The van der Waals surface area contributed by atoms with Crippen LogP contribution >= 0.6 is 22.6 Å². The molecule has 1 aliphatic heterocycles. The molecule has 2 rings (SSSR count). The van der Waals surface area contributed by atoms with Crippen LogP contribution in [0.4, 0.5) is 5.69 Å². The molecule has 0 saturated carbocycles. The molecule has 12 heavy (non-hydrogen) atoms. The van der Waals surface area contributed by atoms with Gasteiger partial charge in [-0.1, -0.05) is 6.07 Å². The fraction of sp³-hybridized carbons (Fsp3) is 0.125. The second kappa shape index (κ2) is 2.93. The highest BCUT2D eigenvalue weighted by atomic mass is 127. The highest BCUT2D eigenvalue weighted by molar-refractivity contribution is 14.1. The van der Waals surface area contributed by atoms with Crippen LogP contribution in [0, 0.1) is 0 Å². The molecule has 0 aromatic heterocycles. The molecular formula is C8H6IN2O. The molecule has 1 heterocycles. The third-order valence-electron chi connectivity index (χ3n) is 1.68. The quantitative estimate of drug-likeness (QED) is 0.721. The van der Waals surface area contributed by atoms with Crippen molar-refractivity contribution in [2.24, 2.45) is 5.10 Å². The molecule has 61 valence electrons. The van der Waals surface area contributed by atoms with E-state index in [-0.39, 0.29) is 0 Å². The topological polar surface area (TPSA) is 35.7 Å². The van der Waals surface area contributed by atoms with Gasteiger partial charge in [-0.3, -0.25) is 0 Å². The van der Waals surface area contributed by atoms with Gasteiger partial charge in [-0.2, -0.15) is 0 Å². The number of benzene rings is 1. The van der Waals surface area contributed by atoms with Gasteiger partial charge < -0.3 is 4.74 Å². The summed E-state index contributed by atoms with van der Waals surface area (Å²) in [5.74, 6) is 0.780. The standard InChI is InChI=1S/C8H6IN2O/c1-12-6-4-2-3-5-7(6)10-11-8(5)9/h2-4H,1H3. The van der Waals surface area contributed by atoms with Gasteiger partial charge in [-0.25, -0.2) is 0 Å². The number of fused-ring (bicyclic) bond motifs is 1. The number of nitrogens with zero attached hydrogens (tertiary/aromatic N) is 2. The van der Waals surface area contributed by atoms with E-state index in [0.29, 0.717) is 0 Å². The van der Waals surface area contributed by atoms with Crippen LogP contribution in [0.2, 0.25) is 0 Å². The number of ether oxygens (including phenoxy) is 1. The molecule has 0 spiro atoms. The first-order valence-corrected chi connectivity index (χ1v) is 4.52. The molecule has 4 heteroatoms. The summed E-state index contributed by atoms with van der Waals surface area (Å²) < 4.78 is 6.05. The number of halogens is 1. The zero-order valence-corrected chi connectivity index (χ0v) is 8.57. The molecule has 1 radical (unpaired) electrons. The summed E-state index contributed by atoms with van der Waals surface area (Å²) in [6, 6.07) is 5.80. The van der Waals surface area contributed by atoms with Gasteiger partial charge in [-0.05, 0) is 34.7 Å². The SMILES string of the molecule is COc1cccc2c1[N]N=C2I. The number of hydrogen-bond donors (Lipinski definition) is 0. The summed E-state index contributed by atoms with van der Waals surface area (Å²) in [5.41, 5.74) is 5.89. The van der Waals surface area contributed by atoms with Crippen LogP contribution in [0.25, 0.3) is 0 Å². The summed E-state index contributed by atoms with van der Waals surface area (Å²) in [7, 11) is 1.64. The third kappa shape index (κ3) is 1.06. The number of hydrogen-bond acceptors (Lipinski definition) is 2. The maximum absolute atomic E-state index is 5.13. The lowest BCUT2D eigenvalue weighted by atomic mass is 10.2. The number of methoxy groups -OCH3 is 1. The Labute approximate surface area is 83.9 Å². The summed E-state index contributed by atoms with van der Waals surface area (Å²) in [6.07, 6.45) is 0. The summed E-state index contributed by atoms with van der Waals surface area (Å²) in [4.78, 5) is 0. The van der Waals surface area contributed by atoms with Crippen molar-refractivity contribution < 1.29 is 4.74 Å². The maximum Gasteiger partial charge on any atom is 0.147 e. The molecule has 0 N–H and O–H groups in total. The van der Waals surface area contributed by atoms with Gasteiger partial charge >= 0.3 is 0 Å². The second-order valence-electron chi connectivity index (χ2n) is 2.35. The molecule has 0 fully saturated rings. The predicted molar refractivity (Wildman–Crippen MR) is 55.3 cm³/mol. The Bertz CT molecular complexity index is 349. The zero-order chi connectivity index (χ0) is 8.55. The predicted octanol–water partition coefficient (Wildman–Crippen LogP) is 2.04. The lowest BCUT2D eigenvalue weighted by Gasteiger charge is -2.03. The molecule has 0 amide bonds. The average Bonchev–Trinajstić information content (AvgIpc) is 2.48. The first-order valence-electron chi connectivity index (χ1n) is 3.44. The molecule has 0 unspecified atom stereocenters. The molecule has 0 atom stereocenters. The van der Waals surface area contributed by atoms with E-state index in [2.05, 4.69) is 33.1 Å². The van der Waals surface area contributed by atoms with Gasteiger partial charge in [0.2, 0.25) is 0 Å². The normalized spacial score (nSPS) is 13.3. The second-order valence-corrected chi connectivity index (χ2v) is 3.37. The Morgan fingerprint density at radius 1 is 1.42 bits per heavy atom. The maximum atomic E-state index is 5.13. The molecule has 0 saturated heterocycles. The summed E-state index contributed by atoms with van der Waals surface area (Å²) in [5, 5.41) is 3.96. The van der Waals surface area contributed by atoms with Gasteiger partial charge in [0.15, 0.2) is 0 Å². The fourth-order valence-electron chi connectivity index (χ4n) is 1.10. The minimum atomic E-state index is 0.780. The van der Waals surface area contributed by atoms with Crippen LogP contribution < -0.4 is 10.2 Å². The van der Waals surface area contributed by atoms with Crippen LogP contribution in [0.5, 0.6) is 5.75 Å². The zero-order valence-electron chi connectivity index (χ0n) is 6.41. The van der Waals surface area contributed by atoms with E-state index < -0.39 is 0 Å². The van der Waals surface area contributed by atoms with E-state index in [0.717, 1.165) is 20.7 Å². The van der Waals surface area contributed by atoms with Crippen LogP contribution in [0.15, 0.2) is 23.3 Å². The average molecular weight is 273 g/mol. The van der Waals surface area contributed by atoms with E-state index in [1.54, 1.807) is 7.11 Å². The van der Waals surface area contributed by atoms with E-state index >= 15 is 0 Å². The lowest BCUT2D eigenvalue weighted by Crippen LogP contribution is -1.90. The van der Waals surface area contributed by atoms with Crippen LogP contribution in [0.3, 0.4) is 0 Å². The Kier molecular flexibility index (Phi) is 1.92. The lowest BCUT2D eigenvalue weighted by molar-refractivity contribution is 0.414. The Balaban J connectivity index is 2.56. The molecule has 0 aliphatic carbocycles.